The van der Waals surface area contributed by atoms with Crippen molar-refractivity contribution in [1.82, 2.24) is 10.2 Å². The van der Waals surface area contributed by atoms with Crippen LogP contribution in [0.25, 0.3) is 0 Å². The van der Waals surface area contributed by atoms with Crippen LogP contribution in [-0.2, 0) is 0 Å². The third-order valence-electron chi connectivity index (χ3n) is 3.62. The lowest BCUT2D eigenvalue weighted by Gasteiger charge is -2.31. The van der Waals surface area contributed by atoms with Crippen molar-refractivity contribution >= 4 is 0 Å². The van der Waals surface area contributed by atoms with Gasteiger partial charge in [-0.05, 0) is 52.8 Å². The molecule has 4 heteroatoms. The standard InChI is InChI=1S/C16H28N2O2/c1-11(2)18(12(3)4)9-8-17-13(5)15-10-14(19)6-7-16(15)20/h6-7,10-13,17,19-20H,8-9H2,1-5H3. The summed E-state index contributed by atoms with van der Waals surface area (Å²) in [4.78, 5) is 2.42. The van der Waals surface area contributed by atoms with E-state index < -0.39 is 0 Å². The van der Waals surface area contributed by atoms with Crippen molar-refractivity contribution in [2.75, 3.05) is 13.1 Å². The van der Waals surface area contributed by atoms with Crippen LogP contribution in [-0.4, -0.2) is 40.3 Å². The van der Waals surface area contributed by atoms with E-state index in [0.29, 0.717) is 12.1 Å². The third-order valence-corrected chi connectivity index (χ3v) is 3.62. The highest BCUT2D eigenvalue weighted by Gasteiger charge is 2.14. The number of aromatic hydroxyl groups is 2. The predicted molar refractivity (Wildman–Crippen MR) is 83.2 cm³/mol. The van der Waals surface area contributed by atoms with Crippen LogP contribution in [0.4, 0.5) is 0 Å². The Morgan fingerprint density at radius 2 is 1.65 bits per heavy atom. The van der Waals surface area contributed by atoms with E-state index >= 15 is 0 Å². The molecule has 0 heterocycles. The molecule has 4 nitrogen and oxygen atoms in total. The molecule has 1 aromatic rings. The first-order chi connectivity index (χ1) is 9.32. The Hall–Kier alpha value is -1.26. The SMILES string of the molecule is CC(NCCN(C(C)C)C(C)C)c1cc(O)ccc1O. The lowest BCUT2D eigenvalue weighted by atomic mass is 10.1. The molecular formula is C16H28N2O2. The molecule has 0 spiro atoms. The Morgan fingerprint density at radius 1 is 1.05 bits per heavy atom. The number of phenolic OH excluding ortho intramolecular Hbond substituents is 2. The molecule has 0 aromatic heterocycles. The van der Waals surface area contributed by atoms with Gasteiger partial charge in [-0.25, -0.2) is 0 Å². The normalized spacial score (nSPS) is 13.4. The molecular weight excluding hydrogens is 252 g/mol. The zero-order valence-electron chi connectivity index (χ0n) is 13.2. The number of rotatable bonds is 7. The third kappa shape index (κ3) is 4.69. The summed E-state index contributed by atoms with van der Waals surface area (Å²) in [5.41, 5.74) is 0.727. The molecule has 114 valence electrons. The van der Waals surface area contributed by atoms with E-state index in [4.69, 9.17) is 0 Å². The molecule has 0 bridgehead atoms. The van der Waals surface area contributed by atoms with Gasteiger partial charge in [0, 0.05) is 36.8 Å². The second kappa shape index (κ2) is 7.50. The highest BCUT2D eigenvalue weighted by molar-refractivity contribution is 5.40. The molecule has 1 atom stereocenters. The van der Waals surface area contributed by atoms with Crippen molar-refractivity contribution in [2.45, 2.75) is 52.7 Å². The predicted octanol–water partition coefficient (Wildman–Crippen LogP) is 2.87. The number of nitrogens with one attached hydrogen (secondary N) is 1. The zero-order chi connectivity index (χ0) is 15.3. The van der Waals surface area contributed by atoms with Gasteiger partial charge >= 0.3 is 0 Å². The van der Waals surface area contributed by atoms with Crippen molar-refractivity contribution in [2.24, 2.45) is 0 Å². The Bertz CT molecular complexity index is 411. The fourth-order valence-electron chi connectivity index (χ4n) is 2.52. The molecule has 1 unspecified atom stereocenters. The van der Waals surface area contributed by atoms with E-state index in [1.54, 1.807) is 6.07 Å². The van der Waals surface area contributed by atoms with Crippen LogP contribution in [0.1, 0.15) is 46.2 Å². The van der Waals surface area contributed by atoms with Gasteiger partial charge < -0.3 is 15.5 Å². The minimum absolute atomic E-state index is 0.00303. The summed E-state index contributed by atoms with van der Waals surface area (Å²) in [7, 11) is 0. The zero-order valence-corrected chi connectivity index (χ0v) is 13.2. The monoisotopic (exact) mass is 280 g/mol. The minimum atomic E-state index is 0.00303. The molecule has 0 amide bonds. The molecule has 0 aliphatic carbocycles. The van der Waals surface area contributed by atoms with E-state index in [-0.39, 0.29) is 17.5 Å². The maximum Gasteiger partial charge on any atom is 0.120 e. The summed E-state index contributed by atoms with van der Waals surface area (Å²) < 4.78 is 0. The summed E-state index contributed by atoms with van der Waals surface area (Å²) in [6.07, 6.45) is 0. The Labute approximate surface area is 122 Å². The molecule has 1 aromatic carbocycles. The van der Waals surface area contributed by atoms with E-state index in [9.17, 15) is 10.2 Å². The van der Waals surface area contributed by atoms with E-state index in [1.165, 1.54) is 12.1 Å². The molecule has 0 radical (unpaired) electrons. The second-order valence-corrected chi connectivity index (χ2v) is 5.84. The Morgan fingerprint density at radius 3 is 2.20 bits per heavy atom. The fraction of sp³-hybridized carbons (Fsp3) is 0.625. The average Bonchev–Trinajstić information content (AvgIpc) is 2.36. The Kier molecular flexibility index (Phi) is 6.30. The first kappa shape index (κ1) is 16.8. The van der Waals surface area contributed by atoms with Crippen LogP contribution in [0, 0.1) is 0 Å². The molecule has 0 saturated carbocycles. The summed E-state index contributed by atoms with van der Waals surface area (Å²) >= 11 is 0. The van der Waals surface area contributed by atoms with Gasteiger partial charge in [0.15, 0.2) is 0 Å². The van der Waals surface area contributed by atoms with Crippen molar-refractivity contribution in [3.63, 3.8) is 0 Å². The minimum Gasteiger partial charge on any atom is -0.508 e. The highest BCUT2D eigenvalue weighted by Crippen LogP contribution is 2.27. The van der Waals surface area contributed by atoms with Gasteiger partial charge in [0.1, 0.15) is 11.5 Å². The van der Waals surface area contributed by atoms with E-state index in [2.05, 4.69) is 37.9 Å². The first-order valence-electron chi connectivity index (χ1n) is 7.34. The van der Waals surface area contributed by atoms with Crippen LogP contribution in [0.15, 0.2) is 18.2 Å². The van der Waals surface area contributed by atoms with Crippen LogP contribution >= 0.6 is 0 Å². The molecule has 0 aliphatic rings. The van der Waals surface area contributed by atoms with Gasteiger partial charge in [0.05, 0.1) is 0 Å². The van der Waals surface area contributed by atoms with Crippen LogP contribution in [0.5, 0.6) is 11.5 Å². The summed E-state index contributed by atoms with van der Waals surface area (Å²) in [5.74, 6) is 0.393. The molecule has 0 aliphatic heterocycles. The number of nitrogens with zero attached hydrogens (tertiary/aromatic N) is 1. The van der Waals surface area contributed by atoms with Crippen LogP contribution in [0.3, 0.4) is 0 Å². The maximum absolute atomic E-state index is 9.83. The highest BCUT2D eigenvalue weighted by atomic mass is 16.3. The van der Waals surface area contributed by atoms with Gasteiger partial charge in [0.25, 0.3) is 0 Å². The van der Waals surface area contributed by atoms with Crippen molar-refractivity contribution in [1.29, 1.82) is 0 Å². The molecule has 20 heavy (non-hydrogen) atoms. The van der Waals surface area contributed by atoms with Crippen molar-refractivity contribution in [3.8, 4) is 11.5 Å². The molecule has 1 rings (SSSR count). The molecule has 3 N–H and O–H groups in total. The fourth-order valence-corrected chi connectivity index (χ4v) is 2.52. The lowest BCUT2D eigenvalue weighted by Crippen LogP contribution is -2.41. The maximum atomic E-state index is 9.83. The van der Waals surface area contributed by atoms with Crippen molar-refractivity contribution in [3.05, 3.63) is 23.8 Å². The number of hydrogen-bond donors (Lipinski definition) is 3. The second-order valence-electron chi connectivity index (χ2n) is 5.84. The lowest BCUT2D eigenvalue weighted by molar-refractivity contribution is 0.174. The van der Waals surface area contributed by atoms with Gasteiger partial charge in [-0.3, -0.25) is 4.90 Å². The number of phenols is 2. The van der Waals surface area contributed by atoms with Gasteiger partial charge in [0.2, 0.25) is 0 Å². The van der Waals surface area contributed by atoms with E-state index in [1.807, 2.05) is 6.92 Å². The van der Waals surface area contributed by atoms with Crippen LogP contribution < -0.4 is 5.32 Å². The van der Waals surface area contributed by atoms with Crippen molar-refractivity contribution < 1.29 is 10.2 Å². The quantitative estimate of drug-likeness (QED) is 0.672. The number of hydrogen-bond acceptors (Lipinski definition) is 4. The largest absolute Gasteiger partial charge is 0.508 e. The van der Waals surface area contributed by atoms with E-state index in [0.717, 1.165) is 18.7 Å². The number of benzene rings is 1. The summed E-state index contributed by atoms with van der Waals surface area (Å²) in [5, 5.41) is 22.7. The van der Waals surface area contributed by atoms with Gasteiger partial charge in [-0.2, -0.15) is 0 Å². The topological polar surface area (TPSA) is 55.7 Å². The smallest absolute Gasteiger partial charge is 0.120 e. The summed E-state index contributed by atoms with van der Waals surface area (Å²) in [6, 6.07) is 5.66. The average molecular weight is 280 g/mol. The van der Waals surface area contributed by atoms with Gasteiger partial charge in [-0.1, -0.05) is 0 Å². The first-order valence-corrected chi connectivity index (χ1v) is 7.34. The molecule has 0 fully saturated rings. The molecule has 0 saturated heterocycles. The summed E-state index contributed by atoms with van der Waals surface area (Å²) in [6.45, 7) is 12.6. The van der Waals surface area contributed by atoms with Gasteiger partial charge in [-0.15, -0.1) is 0 Å². The van der Waals surface area contributed by atoms with Crippen LogP contribution in [0.2, 0.25) is 0 Å². The Balaban J connectivity index is 2.55.